The van der Waals surface area contributed by atoms with E-state index in [9.17, 15) is 9.90 Å². The first-order valence-electron chi connectivity index (χ1n) is 5.56. The molecule has 0 amide bonds. The van der Waals surface area contributed by atoms with Gasteiger partial charge < -0.3 is 5.11 Å². The van der Waals surface area contributed by atoms with Crippen LogP contribution in [0.2, 0.25) is 0 Å². The first-order chi connectivity index (χ1) is 7.56. The molecule has 0 bridgehead atoms. The lowest BCUT2D eigenvalue weighted by molar-refractivity contribution is -0.115. The second-order valence-corrected chi connectivity index (χ2v) is 4.55. The molecule has 2 rings (SSSR count). The van der Waals surface area contributed by atoms with Crippen molar-refractivity contribution >= 4 is 5.78 Å². The van der Waals surface area contributed by atoms with Gasteiger partial charge in [-0.2, -0.15) is 0 Å². The van der Waals surface area contributed by atoms with Crippen molar-refractivity contribution in [3.63, 3.8) is 0 Å². The molecule has 1 aromatic rings. The molecule has 0 aromatic heterocycles. The van der Waals surface area contributed by atoms with E-state index in [-0.39, 0.29) is 17.5 Å². The molecule has 1 aliphatic rings. The number of aryl methyl sites for hydroxylation is 2. The minimum absolute atomic E-state index is 0.0204. The van der Waals surface area contributed by atoms with Gasteiger partial charge in [-0.25, -0.2) is 0 Å². The summed E-state index contributed by atoms with van der Waals surface area (Å²) in [7, 11) is 0. The average Bonchev–Trinajstić information content (AvgIpc) is 2.20. The van der Waals surface area contributed by atoms with Crippen LogP contribution in [0.4, 0.5) is 0 Å². The minimum Gasteiger partial charge on any atom is -0.512 e. The standard InChI is InChI=1S/C14H16O2/c1-9-3-4-11(5-10(9)2)12-6-13(15)8-14(16)7-12/h3-5,8,12,15H,6-7H2,1-2H3. The van der Waals surface area contributed by atoms with E-state index in [1.54, 1.807) is 0 Å². The summed E-state index contributed by atoms with van der Waals surface area (Å²) in [6.45, 7) is 4.14. The predicted octanol–water partition coefficient (Wildman–Crippen LogP) is 3.19. The van der Waals surface area contributed by atoms with Crippen molar-refractivity contribution in [1.82, 2.24) is 0 Å². The summed E-state index contributed by atoms with van der Waals surface area (Å²) >= 11 is 0. The quantitative estimate of drug-likeness (QED) is 0.782. The Morgan fingerprint density at radius 2 is 1.94 bits per heavy atom. The number of carbonyl (C=O) groups excluding carboxylic acids is 1. The maximum atomic E-state index is 11.4. The number of ketones is 1. The van der Waals surface area contributed by atoms with E-state index in [1.807, 2.05) is 0 Å². The molecule has 0 fully saturated rings. The van der Waals surface area contributed by atoms with Crippen LogP contribution in [0.15, 0.2) is 30.0 Å². The van der Waals surface area contributed by atoms with Crippen LogP contribution in [0.5, 0.6) is 0 Å². The molecule has 84 valence electrons. The van der Waals surface area contributed by atoms with Gasteiger partial charge in [-0.3, -0.25) is 4.79 Å². The molecule has 0 spiro atoms. The van der Waals surface area contributed by atoms with Crippen LogP contribution < -0.4 is 0 Å². The molecule has 0 saturated heterocycles. The van der Waals surface area contributed by atoms with Crippen LogP contribution in [0, 0.1) is 13.8 Å². The summed E-state index contributed by atoms with van der Waals surface area (Å²) in [5, 5.41) is 9.48. The van der Waals surface area contributed by atoms with Gasteiger partial charge in [0.2, 0.25) is 0 Å². The predicted molar refractivity (Wildman–Crippen MR) is 63.6 cm³/mol. The van der Waals surface area contributed by atoms with Crippen molar-refractivity contribution in [3.8, 4) is 0 Å². The number of hydrogen-bond acceptors (Lipinski definition) is 2. The number of aliphatic hydroxyl groups excluding tert-OH is 1. The first kappa shape index (κ1) is 10.9. The van der Waals surface area contributed by atoms with Gasteiger partial charge in [0.1, 0.15) is 0 Å². The smallest absolute Gasteiger partial charge is 0.159 e. The number of rotatable bonds is 1. The highest BCUT2D eigenvalue weighted by Gasteiger charge is 2.21. The summed E-state index contributed by atoms with van der Waals surface area (Å²) in [6, 6.07) is 6.25. The van der Waals surface area contributed by atoms with Crippen molar-refractivity contribution in [2.24, 2.45) is 0 Å². The van der Waals surface area contributed by atoms with Gasteiger partial charge in [0, 0.05) is 18.9 Å². The molecule has 1 N–H and O–H groups in total. The van der Waals surface area contributed by atoms with Crippen LogP contribution in [-0.2, 0) is 4.79 Å². The molecular weight excluding hydrogens is 200 g/mol. The van der Waals surface area contributed by atoms with Crippen molar-refractivity contribution < 1.29 is 9.90 Å². The fraction of sp³-hybridized carbons (Fsp3) is 0.357. The molecule has 2 nitrogen and oxygen atoms in total. The molecule has 1 aromatic carbocycles. The highest BCUT2D eigenvalue weighted by molar-refractivity contribution is 5.91. The molecule has 0 heterocycles. The number of benzene rings is 1. The van der Waals surface area contributed by atoms with Crippen LogP contribution in [-0.4, -0.2) is 10.9 Å². The van der Waals surface area contributed by atoms with Crippen molar-refractivity contribution in [3.05, 3.63) is 46.7 Å². The summed E-state index contributed by atoms with van der Waals surface area (Å²) in [6.07, 6.45) is 2.43. The third kappa shape index (κ3) is 2.16. The normalized spacial score (nSPS) is 20.8. The van der Waals surface area contributed by atoms with Gasteiger partial charge in [0.05, 0.1) is 5.76 Å². The van der Waals surface area contributed by atoms with Gasteiger partial charge in [0.25, 0.3) is 0 Å². The van der Waals surface area contributed by atoms with E-state index in [1.165, 1.54) is 17.2 Å². The molecule has 1 atom stereocenters. The lowest BCUT2D eigenvalue weighted by Crippen LogP contribution is -2.12. The maximum absolute atomic E-state index is 11.4. The zero-order valence-electron chi connectivity index (χ0n) is 9.66. The van der Waals surface area contributed by atoms with Crippen molar-refractivity contribution in [2.75, 3.05) is 0 Å². The third-order valence-corrected chi connectivity index (χ3v) is 3.23. The van der Waals surface area contributed by atoms with E-state index in [0.29, 0.717) is 12.8 Å². The van der Waals surface area contributed by atoms with E-state index < -0.39 is 0 Å². The van der Waals surface area contributed by atoms with Gasteiger partial charge in [0.15, 0.2) is 5.78 Å². The average molecular weight is 216 g/mol. The van der Waals surface area contributed by atoms with Crippen LogP contribution in [0.3, 0.4) is 0 Å². The van der Waals surface area contributed by atoms with Crippen LogP contribution >= 0.6 is 0 Å². The second-order valence-electron chi connectivity index (χ2n) is 4.55. The van der Waals surface area contributed by atoms with Gasteiger partial charge in [-0.1, -0.05) is 18.2 Å². The van der Waals surface area contributed by atoms with E-state index in [2.05, 4.69) is 32.0 Å². The lowest BCUT2D eigenvalue weighted by Gasteiger charge is -2.20. The Bertz CT molecular complexity index is 458. The molecule has 0 saturated carbocycles. The minimum atomic E-state index is 0.0204. The lowest BCUT2D eigenvalue weighted by atomic mass is 9.85. The Labute approximate surface area is 95.6 Å². The van der Waals surface area contributed by atoms with Gasteiger partial charge >= 0.3 is 0 Å². The molecule has 0 radical (unpaired) electrons. The largest absolute Gasteiger partial charge is 0.512 e. The SMILES string of the molecule is Cc1ccc(C2CC(=O)C=C(O)C2)cc1C. The second kappa shape index (κ2) is 4.12. The number of carbonyl (C=O) groups is 1. The van der Waals surface area contributed by atoms with Gasteiger partial charge in [-0.05, 0) is 36.5 Å². The Morgan fingerprint density at radius 1 is 1.19 bits per heavy atom. The Kier molecular flexibility index (Phi) is 2.82. The van der Waals surface area contributed by atoms with Gasteiger partial charge in [-0.15, -0.1) is 0 Å². The number of aliphatic hydroxyl groups is 1. The fourth-order valence-corrected chi connectivity index (χ4v) is 2.13. The van der Waals surface area contributed by atoms with E-state index >= 15 is 0 Å². The number of allylic oxidation sites excluding steroid dienone is 2. The Morgan fingerprint density at radius 3 is 2.56 bits per heavy atom. The highest BCUT2D eigenvalue weighted by Crippen LogP contribution is 2.31. The molecule has 16 heavy (non-hydrogen) atoms. The van der Waals surface area contributed by atoms with Crippen LogP contribution in [0.25, 0.3) is 0 Å². The number of hydrogen-bond donors (Lipinski definition) is 1. The molecular formula is C14H16O2. The summed E-state index contributed by atoms with van der Waals surface area (Å²) in [5.74, 6) is 0.364. The summed E-state index contributed by atoms with van der Waals surface area (Å²) < 4.78 is 0. The topological polar surface area (TPSA) is 37.3 Å². The fourth-order valence-electron chi connectivity index (χ4n) is 2.13. The maximum Gasteiger partial charge on any atom is 0.159 e. The zero-order chi connectivity index (χ0) is 11.7. The Balaban J connectivity index is 2.28. The summed E-state index contributed by atoms with van der Waals surface area (Å²) in [5.41, 5.74) is 3.64. The van der Waals surface area contributed by atoms with E-state index in [4.69, 9.17) is 0 Å². The monoisotopic (exact) mass is 216 g/mol. The zero-order valence-corrected chi connectivity index (χ0v) is 9.66. The summed E-state index contributed by atoms with van der Waals surface area (Å²) in [4.78, 5) is 11.4. The molecule has 2 heteroatoms. The van der Waals surface area contributed by atoms with Crippen LogP contribution in [0.1, 0.15) is 35.4 Å². The molecule has 1 unspecified atom stereocenters. The third-order valence-electron chi connectivity index (χ3n) is 3.23. The van der Waals surface area contributed by atoms with Crippen molar-refractivity contribution in [1.29, 1.82) is 0 Å². The van der Waals surface area contributed by atoms with E-state index in [0.717, 1.165) is 5.56 Å². The Hall–Kier alpha value is -1.57. The first-order valence-corrected chi connectivity index (χ1v) is 5.56. The van der Waals surface area contributed by atoms with Crippen molar-refractivity contribution in [2.45, 2.75) is 32.6 Å². The molecule has 1 aliphatic carbocycles. The molecule has 0 aliphatic heterocycles. The highest BCUT2D eigenvalue weighted by atomic mass is 16.3.